The maximum Gasteiger partial charge on any atom is 0.308 e. The zero-order valence-electron chi connectivity index (χ0n) is 11.1. The van der Waals surface area contributed by atoms with Gasteiger partial charge in [-0.3, -0.25) is 4.79 Å². The Labute approximate surface area is 107 Å². The van der Waals surface area contributed by atoms with E-state index in [1.54, 1.807) is 0 Å². The van der Waals surface area contributed by atoms with Gasteiger partial charge in [0.2, 0.25) is 0 Å². The van der Waals surface area contributed by atoms with Crippen LogP contribution in [0.4, 0.5) is 0 Å². The average molecular weight is 245 g/mol. The van der Waals surface area contributed by atoms with Crippen LogP contribution in [-0.4, -0.2) is 10.5 Å². The van der Waals surface area contributed by atoms with Crippen molar-refractivity contribution in [2.45, 2.75) is 33.7 Å². The summed E-state index contributed by atoms with van der Waals surface area (Å²) in [5, 5.41) is 0.997. The number of carbonyl (C=O) groups excluding carboxylic acids is 1. The minimum absolute atomic E-state index is 0.276. The van der Waals surface area contributed by atoms with Crippen molar-refractivity contribution in [2.24, 2.45) is 5.92 Å². The van der Waals surface area contributed by atoms with Crippen molar-refractivity contribution in [3.8, 4) is 5.75 Å². The molecule has 1 aromatic carbocycles. The van der Waals surface area contributed by atoms with Gasteiger partial charge in [-0.05, 0) is 24.5 Å². The Morgan fingerprint density at radius 3 is 2.72 bits per heavy atom. The lowest BCUT2D eigenvalue weighted by Crippen LogP contribution is -2.01. The molecule has 18 heavy (non-hydrogen) atoms. The number of hydrogen-bond acceptors (Lipinski definition) is 2. The van der Waals surface area contributed by atoms with E-state index in [4.69, 9.17) is 4.74 Å². The SMILES string of the molecule is CC(=O)Oc1cn(CCC(C)C)c2ccccc12. The molecule has 2 aromatic rings. The van der Waals surface area contributed by atoms with E-state index in [-0.39, 0.29) is 5.97 Å². The highest BCUT2D eigenvalue weighted by molar-refractivity contribution is 5.89. The summed E-state index contributed by atoms with van der Waals surface area (Å²) in [6.07, 6.45) is 3.03. The monoisotopic (exact) mass is 245 g/mol. The molecular weight excluding hydrogens is 226 g/mol. The van der Waals surface area contributed by atoms with Crippen LogP contribution in [0.2, 0.25) is 0 Å². The molecule has 96 valence electrons. The highest BCUT2D eigenvalue weighted by Crippen LogP contribution is 2.28. The van der Waals surface area contributed by atoms with Gasteiger partial charge in [0.1, 0.15) is 0 Å². The molecule has 0 fully saturated rings. The van der Waals surface area contributed by atoms with Gasteiger partial charge in [-0.1, -0.05) is 26.0 Å². The number of nitrogens with zero attached hydrogens (tertiary/aromatic N) is 1. The van der Waals surface area contributed by atoms with Crippen LogP contribution in [0.25, 0.3) is 10.9 Å². The first kappa shape index (κ1) is 12.7. The van der Waals surface area contributed by atoms with Crippen LogP contribution < -0.4 is 4.74 Å². The molecule has 3 nitrogen and oxygen atoms in total. The lowest BCUT2D eigenvalue weighted by molar-refractivity contribution is -0.131. The first-order chi connectivity index (χ1) is 8.58. The Morgan fingerprint density at radius 2 is 2.06 bits per heavy atom. The predicted molar refractivity (Wildman–Crippen MR) is 72.7 cm³/mol. The molecule has 1 aromatic heterocycles. The maximum absolute atomic E-state index is 11.1. The Kier molecular flexibility index (Phi) is 3.70. The lowest BCUT2D eigenvalue weighted by Gasteiger charge is -2.07. The zero-order chi connectivity index (χ0) is 13.1. The van der Waals surface area contributed by atoms with Crippen molar-refractivity contribution in [1.29, 1.82) is 0 Å². The molecule has 2 rings (SSSR count). The second kappa shape index (κ2) is 5.25. The molecule has 0 saturated heterocycles. The van der Waals surface area contributed by atoms with Crippen LogP contribution in [0.1, 0.15) is 27.2 Å². The van der Waals surface area contributed by atoms with E-state index in [1.807, 2.05) is 24.4 Å². The Balaban J connectivity index is 2.37. The summed E-state index contributed by atoms with van der Waals surface area (Å²) in [6.45, 7) is 6.79. The van der Waals surface area contributed by atoms with E-state index >= 15 is 0 Å². The van der Waals surface area contributed by atoms with Gasteiger partial charge < -0.3 is 9.30 Å². The minimum atomic E-state index is -0.276. The number of para-hydroxylation sites is 1. The summed E-state index contributed by atoms with van der Waals surface area (Å²) in [5.41, 5.74) is 1.12. The summed E-state index contributed by atoms with van der Waals surface area (Å²) < 4.78 is 7.42. The van der Waals surface area contributed by atoms with Crippen molar-refractivity contribution < 1.29 is 9.53 Å². The normalized spacial score (nSPS) is 11.1. The molecule has 0 spiro atoms. The van der Waals surface area contributed by atoms with Crippen molar-refractivity contribution in [3.63, 3.8) is 0 Å². The molecule has 0 atom stereocenters. The van der Waals surface area contributed by atoms with Gasteiger partial charge in [0, 0.05) is 25.1 Å². The van der Waals surface area contributed by atoms with Gasteiger partial charge in [-0.25, -0.2) is 0 Å². The van der Waals surface area contributed by atoms with E-state index in [0.29, 0.717) is 11.7 Å². The number of esters is 1. The fourth-order valence-electron chi connectivity index (χ4n) is 2.03. The van der Waals surface area contributed by atoms with E-state index in [2.05, 4.69) is 24.5 Å². The van der Waals surface area contributed by atoms with Crippen LogP contribution in [0, 0.1) is 5.92 Å². The second-order valence-corrected chi connectivity index (χ2v) is 4.98. The van der Waals surface area contributed by atoms with Gasteiger partial charge >= 0.3 is 5.97 Å². The van der Waals surface area contributed by atoms with Crippen molar-refractivity contribution >= 4 is 16.9 Å². The topological polar surface area (TPSA) is 31.2 Å². The Bertz CT molecular complexity index is 555. The number of benzene rings is 1. The molecule has 0 aliphatic carbocycles. The summed E-state index contributed by atoms with van der Waals surface area (Å²) in [4.78, 5) is 11.1. The molecule has 3 heteroatoms. The van der Waals surface area contributed by atoms with E-state index in [0.717, 1.165) is 23.9 Å². The van der Waals surface area contributed by atoms with Crippen LogP contribution in [0.15, 0.2) is 30.5 Å². The third-order valence-corrected chi connectivity index (χ3v) is 2.95. The molecule has 0 saturated carbocycles. The van der Waals surface area contributed by atoms with Gasteiger partial charge in [0.05, 0.1) is 5.52 Å². The standard InChI is InChI=1S/C15H19NO2/c1-11(2)8-9-16-10-15(18-12(3)17)13-6-4-5-7-14(13)16/h4-7,10-11H,8-9H2,1-3H3. The minimum Gasteiger partial charge on any atom is -0.424 e. The number of carbonyl (C=O) groups is 1. The Hall–Kier alpha value is -1.77. The molecule has 0 aliphatic heterocycles. The van der Waals surface area contributed by atoms with E-state index in [9.17, 15) is 4.79 Å². The van der Waals surface area contributed by atoms with Crippen LogP contribution in [0.3, 0.4) is 0 Å². The summed E-state index contributed by atoms with van der Waals surface area (Å²) in [6, 6.07) is 8.01. The fourth-order valence-corrected chi connectivity index (χ4v) is 2.03. The first-order valence-corrected chi connectivity index (χ1v) is 6.34. The maximum atomic E-state index is 11.1. The van der Waals surface area contributed by atoms with Crippen LogP contribution >= 0.6 is 0 Å². The number of hydrogen-bond donors (Lipinski definition) is 0. The summed E-state index contributed by atoms with van der Waals surface area (Å²) in [5.74, 6) is 1.03. The Morgan fingerprint density at radius 1 is 1.33 bits per heavy atom. The van der Waals surface area contributed by atoms with Crippen molar-refractivity contribution in [2.75, 3.05) is 0 Å². The van der Waals surface area contributed by atoms with E-state index in [1.165, 1.54) is 6.92 Å². The number of fused-ring (bicyclic) bond motifs is 1. The zero-order valence-corrected chi connectivity index (χ0v) is 11.1. The van der Waals surface area contributed by atoms with Gasteiger partial charge in [0.25, 0.3) is 0 Å². The van der Waals surface area contributed by atoms with Crippen LogP contribution in [-0.2, 0) is 11.3 Å². The van der Waals surface area contributed by atoms with E-state index < -0.39 is 0 Å². The molecule has 0 amide bonds. The molecule has 0 aliphatic rings. The first-order valence-electron chi connectivity index (χ1n) is 6.34. The van der Waals surface area contributed by atoms with Gasteiger partial charge in [0.15, 0.2) is 5.75 Å². The van der Waals surface area contributed by atoms with Gasteiger partial charge in [-0.15, -0.1) is 0 Å². The third-order valence-electron chi connectivity index (χ3n) is 2.95. The summed E-state index contributed by atoms with van der Waals surface area (Å²) in [7, 11) is 0. The fraction of sp³-hybridized carbons (Fsp3) is 0.400. The molecular formula is C15H19NO2. The van der Waals surface area contributed by atoms with Gasteiger partial charge in [-0.2, -0.15) is 0 Å². The highest BCUT2D eigenvalue weighted by atomic mass is 16.5. The molecule has 1 heterocycles. The highest BCUT2D eigenvalue weighted by Gasteiger charge is 2.10. The summed E-state index contributed by atoms with van der Waals surface area (Å²) >= 11 is 0. The number of ether oxygens (including phenoxy) is 1. The molecule has 0 N–H and O–H groups in total. The molecule has 0 radical (unpaired) electrons. The van der Waals surface area contributed by atoms with Crippen molar-refractivity contribution in [1.82, 2.24) is 4.57 Å². The predicted octanol–water partition coefficient (Wildman–Crippen LogP) is 3.61. The number of rotatable bonds is 4. The smallest absolute Gasteiger partial charge is 0.308 e. The molecule has 0 unspecified atom stereocenters. The third kappa shape index (κ3) is 2.73. The average Bonchev–Trinajstić information content (AvgIpc) is 2.65. The number of aromatic nitrogens is 1. The molecule has 0 bridgehead atoms. The van der Waals surface area contributed by atoms with Crippen molar-refractivity contribution in [3.05, 3.63) is 30.5 Å². The number of aryl methyl sites for hydroxylation is 1. The largest absolute Gasteiger partial charge is 0.424 e. The quantitative estimate of drug-likeness (QED) is 0.770. The lowest BCUT2D eigenvalue weighted by atomic mass is 10.1. The second-order valence-electron chi connectivity index (χ2n) is 4.98. The van der Waals surface area contributed by atoms with Crippen LogP contribution in [0.5, 0.6) is 5.75 Å².